The van der Waals surface area contributed by atoms with E-state index in [4.69, 9.17) is 0 Å². The van der Waals surface area contributed by atoms with Gasteiger partial charge in [0.15, 0.2) is 0 Å². The van der Waals surface area contributed by atoms with Crippen LogP contribution in [0.3, 0.4) is 0 Å². The fraction of sp³-hybridized carbons (Fsp3) is 0.615. The Balaban J connectivity index is 3.20. The maximum absolute atomic E-state index is 12.4. The predicted molar refractivity (Wildman–Crippen MR) is 75.0 cm³/mol. The lowest BCUT2D eigenvalue weighted by atomic mass is 10.1. The van der Waals surface area contributed by atoms with Crippen molar-refractivity contribution in [2.45, 2.75) is 38.5 Å². The second-order valence-electron chi connectivity index (χ2n) is 5.48. The van der Waals surface area contributed by atoms with E-state index in [9.17, 15) is 14.9 Å². The first-order chi connectivity index (χ1) is 8.61. The third-order valence-electron chi connectivity index (χ3n) is 3.12. The summed E-state index contributed by atoms with van der Waals surface area (Å²) in [5.41, 5.74) is -0.348. The minimum atomic E-state index is -0.378. The average Bonchev–Trinajstić information content (AvgIpc) is 2.56. The van der Waals surface area contributed by atoms with Crippen LogP contribution in [0.25, 0.3) is 0 Å². The van der Waals surface area contributed by atoms with Crippen molar-refractivity contribution in [2.24, 2.45) is 0 Å². The molecule has 1 atom stereocenters. The summed E-state index contributed by atoms with van der Waals surface area (Å²) in [6, 6.07) is 1.94. The van der Waals surface area contributed by atoms with Gasteiger partial charge in [0.25, 0.3) is 5.91 Å². The molecule has 1 aliphatic rings. The van der Waals surface area contributed by atoms with Gasteiger partial charge in [-0.2, -0.15) is 5.26 Å². The van der Waals surface area contributed by atoms with Crippen molar-refractivity contribution in [3.63, 3.8) is 0 Å². The Kier molecular flexibility index (Phi) is 4.31. The highest BCUT2D eigenvalue weighted by atomic mass is 32.2. The molecule has 2 amide bonds. The number of carbonyl (C=O) groups excluding carboxylic acids is 2. The number of likely N-dealkylation sites (N-methyl/N-ethyl adjacent to an activating group) is 1. The Hall–Kier alpha value is -1.48. The summed E-state index contributed by atoms with van der Waals surface area (Å²) in [4.78, 5) is 27.0. The smallest absolute Gasteiger partial charge is 0.267 e. The van der Waals surface area contributed by atoms with Crippen molar-refractivity contribution in [3.8, 4) is 6.07 Å². The van der Waals surface area contributed by atoms with Crippen molar-refractivity contribution < 1.29 is 9.59 Å². The number of hydrogen-bond donors (Lipinski definition) is 0. The first-order valence-corrected chi connectivity index (χ1v) is 6.86. The normalized spacial score (nSPS) is 22.3. The van der Waals surface area contributed by atoms with E-state index in [2.05, 4.69) is 0 Å². The molecule has 1 rings (SSSR count). The Morgan fingerprint density at radius 2 is 2.00 bits per heavy atom. The maximum atomic E-state index is 12.4. The van der Waals surface area contributed by atoms with Crippen molar-refractivity contribution in [3.05, 3.63) is 10.6 Å². The van der Waals surface area contributed by atoms with Gasteiger partial charge in [-0.15, -0.1) is 0 Å². The summed E-state index contributed by atoms with van der Waals surface area (Å²) < 4.78 is 0. The van der Waals surface area contributed by atoms with Crippen molar-refractivity contribution >= 4 is 23.6 Å². The molecule has 6 heteroatoms. The highest BCUT2D eigenvalue weighted by Gasteiger charge is 2.36. The molecule has 1 heterocycles. The van der Waals surface area contributed by atoms with Gasteiger partial charge < -0.3 is 9.80 Å². The van der Waals surface area contributed by atoms with Gasteiger partial charge in [0.2, 0.25) is 5.91 Å². The van der Waals surface area contributed by atoms with Crippen LogP contribution < -0.4 is 0 Å². The molecule has 5 nitrogen and oxygen atoms in total. The van der Waals surface area contributed by atoms with Gasteiger partial charge in [-0.3, -0.25) is 9.59 Å². The molecule has 0 aromatic heterocycles. The average molecular weight is 281 g/mol. The maximum Gasteiger partial charge on any atom is 0.267 e. The number of hydrogen-bond acceptors (Lipinski definition) is 4. The standard InChI is InChI=1S/C13H19N3O2S/c1-8-10(17)15(5)12(19-8)9(7-14)11(18)16(6)13(2,3)4/h8H,1-6H3/b12-9-. The van der Waals surface area contributed by atoms with Crippen molar-refractivity contribution in [1.29, 1.82) is 5.26 Å². The number of nitriles is 1. The molecule has 19 heavy (non-hydrogen) atoms. The lowest BCUT2D eigenvalue weighted by Gasteiger charge is -2.32. The van der Waals surface area contributed by atoms with Crippen LogP contribution in [0.1, 0.15) is 27.7 Å². The lowest BCUT2D eigenvalue weighted by molar-refractivity contribution is -0.129. The van der Waals surface area contributed by atoms with Gasteiger partial charge in [0.1, 0.15) is 16.7 Å². The van der Waals surface area contributed by atoms with Gasteiger partial charge in [-0.1, -0.05) is 11.8 Å². The largest absolute Gasteiger partial charge is 0.336 e. The predicted octanol–water partition coefficient (Wildman–Crippen LogP) is 1.57. The molecule has 0 aromatic rings. The number of amides is 2. The van der Waals surface area contributed by atoms with Gasteiger partial charge in [-0.05, 0) is 27.7 Å². The second kappa shape index (κ2) is 5.25. The molecule has 1 saturated heterocycles. The first-order valence-electron chi connectivity index (χ1n) is 5.98. The van der Waals surface area contributed by atoms with E-state index in [1.54, 1.807) is 21.0 Å². The third kappa shape index (κ3) is 2.92. The highest BCUT2D eigenvalue weighted by Crippen LogP contribution is 2.36. The van der Waals surface area contributed by atoms with Crippen molar-refractivity contribution in [2.75, 3.05) is 14.1 Å². The van der Waals surface area contributed by atoms with Crippen LogP contribution in [0, 0.1) is 11.3 Å². The Labute approximate surface area is 118 Å². The van der Waals surface area contributed by atoms with Crippen LogP contribution in [-0.4, -0.2) is 46.5 Å². The number of nitrogens with zero attached hydrogens (tertiary/aromatic N) is 3. The summed E-state index contributed by atoms with van der Waals surface area (Å²) in [6.45, 7) is 7.45. The summed E-state index contributed by atoms with van der Waals surface area (Å²) in [7, 11) is 3.25. The second-order valence-corrected chi connectivity index (χ2v) is 6.81. The minimum Gasteiger partial charge on any atom is -0.336 e. The SMILES string of the molecule is CC1S/C(=C(/C#N)C(=O)N(C)C(C)(C)C)N(C)C1=O. The molecule has 0 bridgehead atoms. The van der Waals surface area contributed by atoms with E-state index >= 15 is 0 Å². The molecule has 104 valence electrons. The molecule has 1 aliphatic heterocycles. The molecule has 1 unspecified atom stereocenters. The molecule has 0 spiro atoms. The van der Waals surface area contributed by atoms with E-state index in [1.807, 2.05) is 26.8 Å². The first kappa shape index (κ1) is 15.6. The van der Waals surface area contributed by atoms with Crippen LogP contribution in [0.5, 0.6) is 0 Å². The summed E-state index contributed by atoms with van der Waals surface area (Å²) in [6.07, 6.45) is 0. The fourth-order valence-corrected chi connectivity index (χ4v) is 2.65. The third-order valence-corrected chi connectivity index (χ3v) is 4.38. The van der Waals surface area contributed by atoms with E-state index in [-0.39, 0.29) is 28.2 Å². The van der Waals surface area contributed by atoms with Crippen LogP contribution in [0.4, 0.5) is 0 Å². The zero-order valence-electron chi connectivity index (χ0n) is 12.1. The molecule has 0 N–H and O–H groups in total. The molecular formula is C13H19N3O2S. The minimum absolute atomic E-state index is 0.0302. The highest BCUT2D eigenvalue weighted by molar-refractivity contribution is 8.04. The molecule has 1 fully saturated rings. The molecular weight excluding hydrogens is 262 g/mol. The van der Waals surface area contributed by atoms with Crippen LogP contribution >= 0.6 is 11.8 Å². The molecule has 0 aliphatic carbocycles. The molecule has 0 saturated carbocycles. The van der Waals surface area contributed by atoms with E-state index < -0.39 is 0 Å². The Morgan fingerprint density at radius 1 is 1.47 bits per heavy atom. The zero-order chi connectivity index (χ0) is 15.0. The number of rotatable bonds is 1. The molecule has 0 radical (unpaired) electrons. The topological polar surface area (TPSA) is 64.4 Å². The summed E-state index contributed by atoms with van der Waals surface area (Å²) >= 11 is 1.26. The van der Waals surface area contributed by atoms with Crippen LogP contribution in [0.2, 0.25) is 0 Å². The van der Waals surface area contributed by atoms with Gasteiger partial charge >= 0.3 is 0 Å². The Bertz CT molecular complexity index is 485. The van der Waals surface area contributed by atoms with E-state index in [0.29, 0.717) is 5.03 Å². The van der Waals surface area contributed by atoms with Crippen LogP contribution in [-0.2, 0) is 9.59 Å². The van der Waals surface area contributed by atoms with Gasteiger partial charge in [-0.25, -0.2) is 0 Å². The summed E-state index contributed by atoms with van der Waals surface area (Å²) in [5, 5.41) is 9.45. The van der Waals surface area contributed by atoms with Gasteiger partial charge in [0, 0.05) is 19.6 Å². The van der Waals surface area contributed by atoms with Crippen LogP contribution in [0.15, 0.2) is 10.6 Å². The Morgan fingerprint density at radius 3 is 2.32 bits per heavy atom. The van der Waals surface area contributed by atoms with E-state index in [1.165, 1.54) is 21.6 Å². The monoisotopic (exact) mass is 281 g/mol. The number of carbonyl (C=O) groups is 2. The summed E-state index contributed by atoms with van der Waals surface area (Å²) in [5.74, 6) is -0.440. The fourth-order valence-electron chi connectivity index (χ4n) is 1.56. The van der Waals surface area contributed by atoms with E-state index in [0.717, 1.165) is 0 Å². The number of thioether (sulfide) groups is 1. The van der Waals surface area contributed by atoms with Gasteiger partial charge in [0.05, 0.1) is 5.25 Å². The zero-order valence-corrected chi connectivity index (χ0v) is 13.0. The molecule has 0 aromatic carbocycles. The quantitative estimate of drug-likeness (QED) is 0.540. The van der Waals surface area contributed by atoms with Crippen molar-refractivity contribution in [1.82, 2.24) is 9.80 Å². The lowest BCUT2D eigenvalue weighted by Crippen LogP contribution is -2.43.